The molecule has 0 spiro atoms. The normalized spacial score (nSPS) is 25.9. The lowest BCUT2D eigenvalue weighted by Gasteiger charge is -2.38. The van der Waals surface area contributed by atoms with Crippen molar-refractivity contribution in [2.45, 2.75) is 46.1 Å². The Hall–Kier alpha value is -1.22. The van der Waals surface area contributed by atoms with Gasteiger partial charge in [0.05, 0.1) is 10.6 Å². The van der Waals surface area contributed by atoms with E-state index in [9.17, 15) is 4.79 Å². The maximum Gasteiger partial charge on any atom is 0.250 e. The molecular formula is C17H25ClN2O. The maximum atomic E-state index is 11.2. The molecule has 1 amide bonds. The molecule has 4 heteroatoms. The Kier molecular flexibility index (Phi) is 5.15. The molecule has 1 aliphatic carbocycles. The van der Waals surface area contributed by atoms with E-state index in [0.29, 0.717) is 28.5 Å². The van der Waals surface area contributed by atoms with Gasteiger partial charge in [0.25, 0.3) is 0 Å². The molecule has 1 aromatic rings. The third kappa shape index (κ3) is 3.91. The third-order valence-corrected chi connectivity index (χ3v) is 4.92. The van der Waals surface area contributed by atoms with E-state index in [4.69, 9.17) is 17.3 Å². The molecule has 1 aliphatic rings. The van der Waals surface area contributed by atoms with Crippen LogP contribution in [0.2, 0.25) is 5.02 Å². The number of amides is 1. The summed E-state index contributed by atoms with van der Waals surface area (Å²) in [4.78, 5) is 11.2. The van der Waals surface area contributed by atoms with Crippen molar-refractivity contribution in [3.05, 3.63) is 28.8 Å². The molecule has 2 rings (SSSR count). The van der Waals surface area contributed by atoms with Crippen LogP contribution in [0.1, 0.15) is 50.4 Å². The first-order chi connectivity index (χ1) is 9.88. The number of primary amides is 1. The molecule has 1 fully saturated rings. The second-order valence-corrected chi connectivity index (χ2v) is 7.04. The lowest BCUT2D eigenvalue weighted by Crippen LogP contribution is -2.37. The largest absolute Gasteiger partial charge is 0.382 e. The molecular weight excluding hydrogens is 284 g/mol. The van der Waals surface area contributed by atoms with Gasteiger partial charge < -0.3 is 11.1 Å². The highest BCUT2D eigenvalue weighted by Gasteiger charge is 2.30. The summed E-state index contributed by atoms with van der Waals surface area (Å²) in [6, 6.07) is 5.86. The van der Waals surface area contributed by atoms with E-state index in [2.05, 4.69) is 26.1 Å². The maximum absolute atomic E-state index is 11.2. The Morgan fingerprint density at radius 1 is 1.38 bits per heavy atom. The van der Waals surface area contributed by atoms with Crippen molar-refractivity contribution in [3.63, 3.8) is 0 Å². The minimum atomic E-state index is -0.488. The molecule has 3 atom stereocenters. The summed E-state index contributed by atoms with van der Waals surface area (Å²) in [6.45, 7) is 6.89. The number of rotatable bonds is 4. The molecule has 3 nitrogen and oxygen atoms in total. The molecule has 0 bridgehead atoms. The number of carbonyl (C=O) groups excluding carboxylic acids is 1. The fourth-order valence-corrected chi connectivity index (χ4v) is 3.66. The van der Waals surface area contributed by atoms with Gasteiger partial charge in [-0.25, -0.2) is 0 Å². The smallest absolute Gasteiger partial charge is 0.250 e. The average molecular weight is 309 g/mol. The topological polar surface area (TPSA) is 55.1 Å². The number of hydrogen-bond acceptors (Lipinski definition) is 2. The van der Waals surface area contributed by atoms with Crippen molar-refractivity contribution in [2.75, 3.05) is 5.32 Å². The molecule has 116 valence electrons. The number of anilines is 1. The first-order valence-electron chi connectivity index (χ1n) is 7.74. The van der Waals surface area contributed by atoms with Crippen LogP contribution in [-0.4, -0.2) is 11.9 Å². The lowest BCUT2D eigenvalue weighted by molar-refractivity contribution is 0.100. The number of nitrogens with two attached hydrogens (primary N) is 1. The van der Waals surface area contributed by atoms with Gasteiger partial charge in [0, 0.05) is 11.7 Å². The van der Waals surface area contributed by atoms with Gasteiger partial charge in [0.15, 0.2) is 0 Å². The zero-order valence-electron chi connectivity index (χ0n) is 13.0. The minimum absolute atomic E-state index is 0.375. The number of nitrogens with one attached hydrogen (secondary N) is 1. The van der Waals surface area contributed by atoms with E-state index in [1.165, 1.54) is 19.3 Å². The SMILES string of the molecule is CC1CCC(C(C)C)C(Nc2ccc(C(N)=O)c(Cl)c2)C1. The number of hydrogen-bond donors (Lipinski definition) is 2. The highest BCUT2D eigenvalue weighted by atomic mass is 35.5. The first-order valence-corrected chi connectivity index (χ1v) is 8.12. The van der Waals surface area contributed by atoms with E-state index in [1.54, 1.807) is 12.1 Å². The number of halogens is 1. The van der Waals surface area contributed by atoms with Crippen molar-refractivity contribution in [1.82, 2.24) is 0 Å². The van der Waals surface area contributed by atoms with Crippen molar-refractivity contribution in [2.24, 2.45) is 23.5 Å². The van der Waals surface area contributed by atoms with Crippen molar-refractivity contribution in [1.29, 1.82) is 0 Å². The van der Waals surface area contributed by atoms with E-state index in [-0.39, 0.29) is 0 Å². The van der Waals surface area contributed by atoms with Gasteiger partial charge in [0.1, 0.15) is 0 Å². The van der Waals surface area contributed by atoms with Gasteiger partial charge in [-0.15, -0.1) is 0 Å². The van der Waals surface area contributed by atoms with Crippen LogP contribution >= 0.6 is 11.6 Å². The van der Waals surface area contributed by atoms with Crippen LogP contribution in [-0.2, 0) is 0 Å². The quantitative estimate of drug-likeness (QED) is 0.870. The van der Waals surface area contributed by atoms with Crippen molar-refractivity contribution < 1.29 is 4.79 Å². The van der Waals surface area contributed by atoms with Crippen LogP contribution in [0.3, 0.4) is 0 Å². The van der Waals surface area contributed by atoms with Crippen LogP contribution in [0, 0.1) is 17.8 Å². The Morgan fingerprint density at radius 3 is 2.67 bits per heavy atom. The van der Waals surface area contributed by atoms with Gasteiger partial charge in [-0.1, -0.05) is 38.8 Å². The van der Waals surface area contributed by atoms with Crippen LogP contribution in [0.4, 0.5) is 5.69 Å². The second kappa shape index (κ2) is 6.69. The summed E-state index contributed by atoms with van der Waals surface area (Å²) in [6.07, 6.45) is 3.75. The fraction of sp³-hybridized carbons (Fsp3) is 0.588. The zero-order chi connectivity index (χ0) is 15.6. The highest BCUT2D eigenvalue weighted by molar-refractivity contribution is 6.34. The van der Waals surface area contributed by atoms with Crippen molar-refractivity contribution >= 4 is 23.2 Å². The molecule has 3 unspecified atom stereocenters. The molecule has 21 heavy (non-hydrogen) atoms. The molecule has 0 heterocycles. The van der Waals surface area contributed by atoms with Crippen LogP contribution in [0.25, 0.3) is 0 Å². The molecule has 1 aromatic carbocycles. The monoisotopic (exact) mass is 308 g/mol. The summed E-state index contributed by atoms with van der Waals surface area (Å²) in [5.74, 6) is 1.60. The second-order valence-electron chi connectivity index (χ2n) is 6.64. The zero-order valence-corrected chi connectivity index (χ0v) is 13.8. The van der Waals surface area contributed by atoms with Crippen LogP contribution < -0.4 is 11.1 Å². The van der Waals surface area contributed by atoms with Crippen LogP contribution in [0.15, 0.2) is 18.2 Å². The van der Waals surface area contributed by atoms with E-state index >= 15 is 0 Å². The Labute approximate surface area is 132 Å². The summed E-state index contributed by atoms with van der Waals surface area (Å²) in [7, 11) is 0. The van der Waals surface area contributed by atoms with Gasteiger partial charge in [0.2, 0.25) is 5.91 Å². The standard InChI is InChI=1S/C17H25ClN2O/c1-10(2)13-6-4-11(3)8-16(13)20-12-5-7-14(17(19)21)15(18)9-12/h5,7,9-11,13,16,20H,4,6,8H2,1-3H3,(H2,19,21). The predicted molar refractivity (Wildman–Crippen MR) is 88.7 cm³/mol. The molecule has 1 saturated carbocycles. The van der Waals surface area contributed by atoms with Crippen molar-refractivity contribution in [3.8, 4) is 0 Å². The lowest BCUT2D eigenvalue weighted by atomic mass is 9.74. The van der Waals surface area contributed by atoms with E-state index in [0.717, 1.165) is 11.6 Å². The summed E-state index contributed by atoms with van der Waals surface area (Å²) in [5.41, 5.74) is 6.63. The fourth-order valence-electron chi connectivity index (χ4n) is 3.39. The summed E-state index contributed by atoms with van der Waals surface area (Å²) in [5, 5.41) is 4.03. The average Bonchev–Trinajstić information content (AvgIpc) is 2.37. The van der Waals surface area contributed by atoms with Gasteiger partial charge in [-0.05, 0) is 48.8 Å². The van der Waals surface area contributed by atoms with E-state index < -0.39 is 5.91 Å². The minimum Gasteiger partial charge on any atom is -0.382 e. The Balaban J connectivity index is 2.15. The van der Waals surface area contributed by atoms with E-state index in [1.807, 2.05) is 6.07 Å². The van der Waals surface area contributed by atoms with Gasteiger partial charge >= 0.3 is 0 Å². The molecule has 0 radical (unpaired) electrons. The predicted octanol–water partition coefficient (Wildman–Crippen LogP) is 4.31. The summed E-state index contributed by atoms with van der Waals surface area (Å²) < 4.78 is 0. The molecule has 0 saturated heterocycles. The molecule has 3 N–H and O–H groups in total. The third-order valence-electron chi connectivity index (χ3n) is 4.61. The number of benzene rings is 1. The van der Waals surface area contributed by atoms with Gasteiger partial charge in [-0.3, -0.25) is 4.79 Å². The van der Waals surface area contributed by atoms with Crippen LogP contribution in [0.5, 0.6) is 0 Å². The number of carbonyl (C=O) groups is 1. The summed E-state index contributed by atoms with van der Waals surface area (Å²) >= 11 is 6.13. The Morgan fingerprint density at radius 2 is 2.10 bits per heavy atom. The molecule has 0 aliphatic heterocycles. The Bertz CT molecular complexity index is 516. The molecule has 0 aromatic heterocycles. The van der Waals surface area contributed by atoms with Gasteiger partial charge in [-0.2, -0.15) is 0 Å². The first kappa shape index (κ1) is 16.2. The highest BCUT2D eigenvalue weighted by Crippen LogP contribution is 2.35.